The fraction of sp³-hybridized carbons (Fsp3) is 0.217. The number of aryl methyl sites for hydroxylation is 1. The van der Waals surface area contributed by atoms with Crippen molar-refractivity contribution in [2.24, 2.45) is 0 Å². The zero-order valence-electron chi connectivity index (χ0n) is 16.2. The van der Waals surface area contributed by atoms with E-state index >= 15 is 0 Å². The number of benzene rings is 2. The van der Waals surface area contributed by atoms with E-state index in [4.69, 9.17) is 9.47 Å². The summed E-state index contributed by atoms with van der Waals surface area (Å²) in [6.07, 6.45) is 0.0266. The number of amides is 1. The Hall–Kier alpha value is -3.12. The van der Waals surface area contributed by atoms with Crippen LogP contribution < -0.4 is 10.1 Å². The van der Waals surface area contributed by atoms with E-state index in [1.807, 2.05) is 48.5 Å². The van der Waals surface area contributed by atoms with Gasteiger partial charge in [-0.15, -0.1) is 11.3 Å². The van der Waals surface area contributed by atoms with E-state index in [0.29, 0.717) is 17.2 Å². The van der Waals surface area contributed by atoms with Gasteiger partial charge in [-0.1, -0.05) is 31.2 Å². The van der Waals surface area contributed by atoms with Gasteiger partial charge in [-0.2, -0.15) is 0 Å². The average molecular weight is 407 g/mol. The summed E-state index contributed by atoms with van der Waals surface area (Å²) in [5, 5.41) is 2.78. The lowest BCUT2D eigenvalue weighted by molar-refractivity contribution is -0.123. The lowest BCUT2D eigenvalue weighted by atomic mass is 10.1. The van der Waals surface area contributed by atoms with E-state index in [-0.39, 0.29) is 5.91 Å². The molecule has 148 valence electrons. The summed E-state index contributed by atoms with van der Waals surface area (Å²) >= 11 is 1.36. The van der Waals surface area contributed by atoms with Gasteiger partial charge in [-0.25, -0.2) is 4.79 Å². The van der Waals surface area contributed by atoms with Crippen LogP contribution in [0.15, 0.2) is 54.6 Å². The molecule has 0 radical (unpaired) electrons. The van der Waals surface area contributed by atoms with Crippen LogP contribution in [-0.4, -0.2) is 18.0 Å². The molecule has 1 aliphatic heterocycles. The molecule has 6 heteroatoms. The third-order valence-corrected chi connectivity index (χ3v) is 6.00. The first-order chi connectivity index (χ1) is 14.0. The minimum atomic E-state index is -0.906. The number of hydrogen-bond acceptors (Lipinski definition) is 5. The lowest BCUT2D eigenvalue weighted by Gasteiger charge is -2.16. The maximum Gasteiger partial charge on any atom is 0.349 e. The van der Waals surface area contributed by atoms with E-state index in [0.717, 1.165) is 28.2 Å². The molecule has 2 heterocycles. The first-order valence-corrected chi connectivity index (χ1v) is 10.3. The number of esters is 1. The van der Waals surface area contributed by atoms with Crippen LogP contribution in [0.5, 0.6) is 5.75 Å². The second-order valence-electron chi connectivity index (χ2n) is 6.84. The van der Waals surface area contributed by atoms with Crippen LogP contribution in [0.25, 0.3) is 10.4 Å². The highest BCUT2D eigenvalue weighted by molar-refractivity contribution is 7.17. The number of carbonyl (C=O) groups excluding carboxylic acids is 2. The SMILES string of the molecule is CCc1ccc(NC(=O)[C@H](C)OC(=O)c2cc3c(s2)-c2ccccc2OC3)cc1. The van der Waals surface area contributed by atoms with Crippen LogP contribution in [-0.2, 0) is 22.6 Å². The van der Waals surface area contributed by atoms with Crippen molar-refractivity contribution in [2.45, 2.75) is 33.0 Å². The maximum atomic E-state index is 12.6. The summed E-state index contributed by atoms with van der Waals surface area (Å²) in [4.78, 5) is 26.4. The van der Waals surface area contributed by atoms with E-state index in [1.54, 1.807) is 13.0 Å². The Kier molecular flexibility index (Phi) is 5.36. The number of rotatable bonds is 5. The van der Waals surface area contributed by atoms with Gasteiger partial charge in [0.1, 0.15) is 17.2 Å². The molecule has 1 atom stereocenters. The van der Waals surface area contributed by atoms with Crippen molar-refractivity contribution in [3.63, 3.8) is 0 Å². The van der Waals surface area contributed by atoms with Gasteiger partial charge in [-0.3, -0.25) is 4.79 Å². The standard InChI is InChI=1S/C23H21NO4S/c1-3-15-8-10-17(11-9-15)24-22(25)14(2)28-23(26)20-12-16-13-27-19-7-5-4-6-18(19)21(16)29-20/h4-12,14H,3,13H2,1-2H3,(H,24,25)/t14-/m0/s1. The van der Waals surface area contributed by atoms with E-state index < -0.39 is 12.1 Å². The van der Waals surface area contributed by atoms with Crippen molar-refractivity contribution in [3.05, 3.63) is 70.6 Å². The Morgan fingerprint density at radius 3 is 2.69 bits per heavy atom. The van der Waals surface area contributed by atoms with Crippen molar-refractivity contribution in [1.29, 1.82) is 0 Å². The largest absolute Gasteiger partial charge is 0.488 e. The van der Waals surface area contributed by atoms with Crippen LogP contribution >= 0.6 is 11.3 Å². The molecule has 29 heavy (non-hydrogen) atoms. The average Bonchev–Trinajstić information content (AvgIpc) is 3.19. The number of anilines is 1. The van der Waals surface area contributed by atoms with Gasteiger partial charge in [0.05, 0.1) is 0 Å². The lowest BCUT2D eigenvalue weighted by Crippen LogP contribution is -2.29. The Morgan fingerprint density at radius 1 is 1.17 bits per heavy atom. The van der Waals surface area contributed by atoms with E-state index in [2.05, 4.69) is 12.2 Å². The van der Waals surface area contributed by atoms with Crippen LogP contribution in [0.4, 0.5) is 5.69 Å². The highest BCUT2D eigenvalue weighted by Gasteiger charge is 2.25. The molecule has 0 aliphatic carbocycles. The molecule has 1 amide bonds. The third-order valence-electron chi connectivity index (χ3n) is 4.81. The molecule has 1 aromatic heterocycles. The number of thiophene rings is 1. The van der Waals surface area contributed by atoms with Gasteiger partial charge in [-0.05, 0) is 49.2 Å². The van der Waals surface area contributed by atoms with Gasteiger partial charge in [0.15, 0.2) is 6.10 Å². The Bertz CT molecular complexity index is 1050. The summed E-state index contributed by atoms with van der Waals surface area (Å²) in [6.45, 7) is 4.06. The Balaban J connectivity index is 1.43. The Labute approximate surface area is 173 Å². The molecule has 1 N–H and O–H groups in total. The Morgan fingerprint density at radius 2 is 1.93 bits per heavy atom. The molecule has 4 rings (SSSR count). The summed E-state index contributed by atoms with van der Waals surface area (Å²) < 4.78 is 11.1. The number of carbonyl (C=O) groups is 2. The van der Waals surface area contributed by atoms with Crippen LogP contribution in [0.1, 0.15) is 34.6 Å². The monoisotopic (exact) mass is 407 g/mol. The second kappa shape index (κ2) is 8.09. The number of hydrogen-bond donors (Lipinski definition) is 1. The topological polar surface area (TPSA) is 64.6 Å². The molecule has 0 saturated heterocycles. The molecule has 0 spiro atoms. The number of ether oxygens (including phenoxy) is 2. The molecule has 0 fully saturated rings. The van der Waals surface area contributed by atoms with Gasteiger partial charge >= 0.3 is 5.97 Å². The molecular weight excluding hydrogens is 386 g/mol. The first-order valence-electron chi connectivity index (χ1n) is 9.51. The smallest absolute Gasteiger partial charge is 0.349 e. The van der Waals surface area contributed by atoms with Crippen LogP contribution in [0.3, 0.4) is 0 Å². The van der Waals surface area contributed by atoms with Crippen molar-refractivity contribution >= 4 is 28.9 Å². The molecule has 0 saturated carbocycles. The fourth-order valence-corrected chi connectivity index (χ4v) is 4.22. The van der Waals surface area contributed by atoms with Crippen LogP contribution in [0, 0.1) is 0 Å². The van der Waals surface area contributed by atoms with Crippen molar-refractivity contribution in [1.82, 2.24) is 0 Å². The molecule has 0 bridgehead atoms. The molecular formula is C23H21NO4S. The number of nitrogens with one attached hydrogen (secondary N) is 1. The summed E-state index contributed by atoms with van der Waals surface area (Å²) in [5.74, 6) is -0.0629. The predicted molar refractivity (Wildman–Crippen MR) is 113 cm³/mol. The molecule has 5 nitrogen and oxygen atoms in total. The molecule has 1 aliphatic rings. The maximum absolute atomic E-state index is 12.6. The first kappa shape index (κ1) is 19.2. The summed E-state index contributed by atoms with van der Waals surface area (Å²) in [7, 11) is 0. The minimum Gasteiger partial charge on any atom is -0.488 e. The summed E-state index contributed by atoms with van der Waals surface area (Å²) in [5.41, 5.74) is 3.79. The quantitative estimate of drug-likeness (QED) is 0.601. The fourth-order valence-electron chi connectivity index (χ4n) is 3.14. The van der Waals surface area contributed by atoms with Gasteiger partial charge in [0.2, 0.25) is 0 Å². The van der Waals surface area contributed by atoms with Crippen molar-refractivity contribution < 1.29 is 19.1 Å². The van der Waals surface area contributed by atoms with Gasteiger partial charge < -0.3 is 14.8 Å². The highest BCUT2D eigenvalue weighted by Crippen LogP contribution is 2.42. The molecule has 0 unspecified atom stereocenters. The highest BCUT2D eigenvalue weighted by atomic mass is 32.1. The zero-order chi connectivity index (χ0) is 20.4. The third kappa shape index (κ3) is 4.03. The zero-order valence-corrected chi connectivity index (χ0v) is 17.0. The van der Waals surface area contributed by atoms with Gasteiger partial charge in [0.25, 0.3) is 5.91 Å². The van der Waals surface area contributed by atoms with Crippen molar-refractivity contribution in [2.75, 3.05) is 5.32 Å². The normalized spacial score (nSPS) is 12.9. The molecule has 3 aromatic rings. The predicted octanol–water partition coefficient (Wildman–Crippen LogP) is 5.05. The van der Waals surface area contributed by atoms with Crippen LogP contribution in [0.2, 0.25) is 0 Å². The number of para-hydroxylation sites is 1. The second-order valence-corrected chi connectivity index (χ2v) is 7.89. The van der Waals surface area contributed by atoms with E-state index in [1.165, 1.54) is 16.9 Å². The number of fused-ring (bicyclic) bond motifs is 3. The van der Waals surface area contributed by atoms with Gasteiger partial charge in [0, 0.05) is 21.7 Å². The van der Waals surface area contributed by atoms with Crippen molar-refractivity contribution in [3.8, 4) is 16.2 Å². The minimum absolute atomic E-state index is 0.363. The van der Waals surface area contributed by atoms with E-state index in [9.17, 15) is 9.59 Å². The summed E-state index contributed by atoms with van der Waals surface area (Å²) in [6, 6.07) is 17.1. The molecule has 2 aromatic carbocycles.